The van der Waals surface area contributed by atoms with E-state index in [0.29, 0.717) is 6.54 Å². The van der Waals surface area contributed by atoms with Crippen molar-refractivity contribution in [1.29, 1.82) is 0 Å². The summed E-state index contributed by atoms with van der Waals surface area (Å²) in [5.41, 5.74) is 1.93. The molecule has 0 fully saturated rings. The lowest BCUT2D eigenvalue weighted by atomic mass is 10.1. The minimum Gasteiger partial charge on any atom is -0.341 e. The average molecular weight is 330 g/mol. The Morgan fingerprint density at radius 3 is 2.87 bits per heavy atom. The van der Waals surface area contributed by atoms with Crippen LogP contribution in [0.5, 0.6) is 0 Å². The summed E-state index contributed by atoms with van der Waals surface area (Å²) >= 11 is 0. The van der Waals surface area contributed by atoms with E-state index in [1.807, 2.05) is 30.3 Å². The highest BCUT2D eigenvalue weighted by Crippen LogP contribution is 2.21. The number of carbonyl (C=O) groups excluding carboxylic acids is 1. The molecular formula is C17H18N2O3S. The molecule has 0 saturated carbocycles. The molecule has 0 spiro atoms. The van der Waals surface area contributed by atoms with Crippen molar-refractivity contribution in [1.82, 2.24) is 9.88 Å². The molecule has 0 radical (unpaired) electrons. The number of nitrogens with zero attached hydrogens (tertiary/aromatic N) is 2. The van der Waals surface area contributed by atoms with E-state index >= 15 is 0 Å². The van der Waals surface area contributed by atoms with Crippen molar-refractivity contribution < 1.29 is 13.2 Å². The number of pyridine rings is 1. The van der Waals surface area contributed by atoms with Gasteiger partial charge in [0.1, 0.15) is 0 Å². The molecular weight excluding hydrogens is 312 g/mol. The van der Waals surface area contributed by atoms with Gasteiger partial charge in [-0.1, -0.05) is 24.3 Å². The SMILES string of the molecule is CN(Cc1cccc2ncccc12)C(=O)C[C@@H]1C=CS(=O)(=O)C1. The van der Waals surface area contributed by atoms with E-state index in [4.69, 9.17) is 0 Å². The van der Waals surface area contributed by atoms with E-state index in [0.717, 1.165) is 16.5 Å². The summed E-state index contributed by atoms with van der Waals surface area (Å²) in [6, 6.07) is 9.71. The fourth-order valence-electron chi connectivity index (χ4n) is 2.80. The molecule has 6 heteroatoms. The normalized spacial score (nSPS) is 19.1. The van der Waals surface area contributed by atoms with Gasteiger partial charge in [0.05, 0.1) is 11.3 Å². The smallest absolute Gasteiger partial charge is 0.223 e. The summed E-state index contributed by atoms with van der Waals surface area (Å²) in [6.07, 6.45) is 3.58. The van der Waals surface area contributed by atoms with Gasteiger partial charge in [-0.25, -0.2) is 8.42 Å². The molecule has 1 aromatic carbocycles. The highest BCUT2D eigenvalue weighted by atomic mass is 32.2. The van der Waals surface area contributed by atoms with E-state index in [9.17, 15) is 13.2 Å². The van der Waals surface area contributed by atoms with Crippen LogP contribution in [0.2, 0.25) is 0 Å². The third-order valence-electron chi connectivity index (χ3n) is 4.01. The van der Waals surface area contributed by atoms with Gasteiger partial charge in [0.15, 0.2) is 9.84 Å². The lowest BCUT2D eigenvalue weighted by Gasteiger charge is -2.19. The summed E-state index contributed by atoms with van der Waals surface area (Å²) in [4.78, 5) is 18.3. The molecule has 0 aliphatic carbocycles. The third-order valence-corrected chi connectivity index (χ3v) is 5.48. The molecule has 120 valence electrons. The molecule has 1 aliphatic heterocycles. The first-order valence-electron chi connectivity index (χ1n) is 7.42. The minimum absolute atomic E-state index is 0.0325. The van der Waals surface area contributed by atoms with Crippen LogP contribution >= 0.6 is 0 Å². The largest absolute Gasteiger partial charge is 0.341 e. The van der Waals surface area contributed by atoms with Crippen LogP contribution < -0.4 is 0 Å². The maximum Gasteiger partial charge on any atom is 0.223 e. The van der Waals surface area contributed by atoms with Crippen LogP contribution in [0.3, 0.4) is 0 Å². The van der Waals surface area contributed by atoms with Crippen molar-refractivity contribution in [2.24, 2.45) is 5.92 Å². The minimum atomic E-state index is -3.11. The Kier molecular flexibility index (Phi) is 4.17. The molecule has 1 atom stereocenters. The Morgan fingerprint density at radius 1 is 1.30 bits per heavy atom. The molecule has 2 heterocycles. The molecule has 0 bridgehead atoms. The molecule has 1 aromatic heterocycles. The lowest BCUT2D eigenvalue weighted by molar-refractivity contribution is -0.130. The molecule has 1 amide bonds. The number of hydrogen-bond acceptors (Lipinski definition) is 4. The summed E-state index contributed by atoms with van der Waals surface area (Å²) < 4.78 is 22.8. The van der Waals surface area contributed by atoms with Crippen molar-refractivity contribution in [3.8, 4) is 0 Å². The first kappa shape index (κ1) is 15.7. The van der Waals surface area contributed by atoms with Gasteiger partial charge in [-0.05, 0) is 17.7 Å². The Hall–Kier alpha value is -2.21. The van der Waals surface area contributed by atoms with Crippen LogP contribution in [-0.4, -0.2) is 37.0 Å². The topological polar surface area (TPSA) is 67.3 Å². The summed E-state index contributed by atoms with van der Waals surface area (Å²) in [5.74, 6) is -0.244. The predicted molar refractivity (Wildman–Crippen MR) is 89.3 cm³/mol. The van der Waals surface area contributed by atoms with Crippen molar-refractivity contribution in [2.45, 2.75) is 13.0 Å². The number of carbonyl (C=O) groups is 1. The second-order valence-corrected chi connectivity index (χ2v) is 7.79. The number of benzene rings is 1. The summed E-state index contributed by atoms with van der Waals surface area (Å²) in [6.45, 7) is 0.477. The third kappa shape index (κ3) is 3.59. The van der Waals surface area contributed by atoms with Crippen LogP contribution in [-0.2, 0) is 21.2 Å². The highest BCUT2D eigenvalue weighted by molar-refractivity contribution is 7.94. The van der Waals surface area contributed by atoms with Crippen molar-refractivity contribution in [3.63, 3.8) is 0 Å². The van der Waals surface area contributed by atoms with E-state index in [2.05, 4.69) is 4.98 Å². The second kappa shape index (κ2) is 6.12. The quantitative estimate of drug-likeness (QED) is 0.861. The van der Waals surface area contributed by atoms with Crippen LogP contribution in [0, 0.1) is 5.92 Å². The van der Waals surface area contributed by atoms with Gasteiger partial charge in [0, 0.05) is 42.9 Å². The number of rotatable bonds is 4. The van der Waals surface area contributed by atoms with Gasteiger partial charge >= 0.3 is 0 Å². The first-order valence-corrected chi connectivity index (χ1v) is 9.14. The predicted octanol–water partition coefficient (Wildman–Crippen LogP) is 2.14. The van der Waals surface area contributed by atoms with E-state index in [1.165, 1.54) is 5.41 Å². The number of aromatic nitrogens is 1. The van der Waals surface area contributed by atoms with Gasteiger partial charge in [-0.2, -0.15) is 0 Å². The fourth-order valence-corrected chi connectivity index (χ4v) is 4.19. The van der Waals surface area contributed by atoms with Crippen molar-refractivity contribution in [2.75, 3.05) is 12.8 Å². The van der Waals surface area contributed by atoms with Gasteiger partial charge in [-0.15, -0.1) is 0 Å². The summed E-state index contributed by atoms with van der Waals surface area (Å²) in [5, 5.41) is 2.24. The highest BCUT2D eigenvalue weighted by Gasteiger charge is 2.25. The Labute approximate surface area is 135 Å². The zero-order valence-electron chi connectivity index (χ0n) is 12.8. The number of hydrogen-bond donors (Lipinski definition) is 0. The van der Waals surface area contributed by atoms with Gasteiger partial charge in [0.2, 0.25) is 5.91 Å². The Morgan fingerprint density at radius 2 is 2.13 bits per heavy atom. The lowest BCUT2D eigenvalue weighted by Crippen LogP contribution is -2.28. The maximum absolute atomic E-state index is 12.3. The van der Waals surface area contributed by atoms with E-state index < -0.39 is 9.84 Å². The average Bonchev–Trinajstić information content (AvgIpc) is 2.86. The molecule has 1 aliphatic rings. The second-order valence-electron chi connectivity index (χ2n) is 5.86. The van der Waals surface area contributed by atoms with Gasteiger partial charge < -0.3 is 4.90 Å². The van der Waals surface area contributed by atoms with Gasteiger partial charge in [-0.3, -0.25) is 9.78 Å². The molecule has 3 rings (SSSR count). The number of sulfone groups is 1. The van der Waals surface area contributed by atoms with Crippen LogP contribution in [0.15, 0.2) is 48.0 Å². The van der Waals surface area contributed by atoms with Gasteiger partial charge in [0.25, 0.3) is 0 Å². The molecule has 23 heavy (non-hydrogen) atoms. The van der Waals surface area contributed by atoms with E-state index in [1.54, 1.807) is 24.2 Å². The number of amides is 1. The van der Waals surface area contributed by atoms with Crippen LogP contribution in [0.25, 0.3) is 10.9 Å². The van der Waals surface area contributed by atoms with Crippen LogP contribution in [0.4, 0.5) is 0 Å². The number of fused-ring (bicyclic) bond motifs is 1. The fraction of sp³-hybridized carbons (Fsp3) is 0.294. The molecule has 0 saturated heterocycles. The molecule has 0 unspecified atom stereocenters. The maximum atomic E-state index is 12.3. The molecule has 5 nitrogen and oxygen atoms in total. The van der Waals surface area contributed by atoms with Crippen molar-refractivity contribution >= 4 is 26.6 Å². The monoisotopic (exact) mass is 330 g/mol. The zero-order chi connectivity index (χ0) is 16.4. The molecule has 0 N–H and O–H groups in total. The van der Waals surface area contributed by atoms with E-state index in [-0.39, 0.29) is 24.0 Å². The van der Waals surface area contributed by atoms with Crippen molar-refractivity contribution in [3.05, 3.63) is 53.6 Å². The molecule has 2 aromatic rings. The standard InChI is InChI=1S/C17H18N2O3S/c1-19(17(20)10-13-7-9-23(21,22)12-13)11-14-4-2-6-16-15(14)5-3-8-18-16/h2-9,13H,10-12H2,1H3/t13-/m0/s1. The number of allylic oxidation sites excluding steroid dienone is 1. The Bertz CT molecular complexity index is 869. The van der Waals surface area contributed by atoms with Crippen LogP contribution in [0.1, 0.15) is 12.0 Å². The first-order chi connectivity index (χ1) is 10.9. The zero-order valence-corrected chi connectivity index (χ0v) is 13.7. The Balaban J connectivity index is 1.70. The summed E-state index contributed by atoms with van der Waals surface area (Å²) in [7, 11) is -1.37.